The number of carbonyl (C=O) groups excluding carboxylic acids is 1. The molecule has 0 aromatic heterocycles. The zero-order valence-corrected chi connectivity index (χ0v) is 17.9. The van der Waals surface area contributed by atoms with Crippen molar-refractivity contribution >= 4 is 21.6 Å². The number of carbonyl (C=O) groups is 1. The number of methoxy groups -OCH3 is 1. The van der Waals surface area contributed by atoms with Crippen molar-refractivity contribution < 1.29 is 26.7 Å². The fraction of sp³-hybridized carbons (Fsp3) is 0.381. The van der Waals surface area contributed by atoms with Gasteiger partial charge < -0.3 is 10.1 Å². The minimum Gasteiger partial charge on any atom is -0.495 e. The number of alkyl halides is 2. The summed E-state index contributed by atoms with van der Waals surface area (Å²) in [6.45, 7) is 0.752. The quantitative estimate of drug-likeness (QED) is 0.642. The van der Waals surface area contributed by atoms with Gasteiger partial charge in [0, 0.05) is 24.7 Å². The standard InChI is InChI=1S/C21H25F2N3O4S/c1-30-19-5-3-2-4-18(19)25-31(28,29)17-8-6-15(7-9-17)21(27)24-16-10-12-26(13-11-16)14-20(22)23/h2-9,16,20,25H,10-14H2,1H3,(H,24,27). The third kappa shape index (κ3) is 6.14. The van der Waals surface area contributed by atoms with Crippen molar-refractivity contribution in [3.05, 3.63) is 54.1 Å². The van der Waals surface area contributed by atoms with Gasteiger partial charge in [-0.2, -0.15) is 0 Å². The van der Waals surface area contributed by atoms with Gasteiger partial charge in [-0.15, -0.1) is 0 Å². The molecule has 7 nitrogen and oxygen atoms in total. The molecular weight excluding hydrogens is 428 g/mol. The highest BCUT2D eigenvalue weighted by Gasteiger charge is 2.23. The molecule has 1 saturated heterocycles. The molecule has 1 aliphatic rings. The molecule has 0 saturated carbocycles. The van der Waals surface area contributed by atoms with Gasteiger partial charge in [0.05, 0.1) is 24.2 Å². The van der Waals surface area contributed by atoms with Crippen molar-refractivity contribution in [1.29, 1.82) is 0 Å². The highest BCUT2D eigenvalue weighted by molar-refractivity contribution is 7.92. The number of anilines is 1. The molecule has 0 aliphatic carbocycles. The van der Waals surface area contributed by atoms with Crippen LogP contribution in [0.4, 0.5) is 14.5 Å². The lowest BCUT2D eigenvalue weighted by atomic mass is 10.0. The maximum Gasteiger partial charge on any atom is 0.262 e. The van der Waals surface area contributed by atoms with E-state index in [1.807, 2.05) is 0 Å². The second-order valence-corrected chi connectivity index (χ2v) is 8.95. The molecule has 2 aromatic carbocycles. The number of para-hydroxylation sites is 2. The Balaban J connectivity index is 1.60. The van der Waals surface area contributed by atoms with Crippen LogP contribution in [0.2, 0.25) is 0 Å². The highest BCUT2D eigenvalue weighted by Crippen LogP contribution is 2.26. The van der Waals surface area contributed by atoms with E-state index in [4.69, 9.17) is 4.74 Å². The number of rotatable bonds is 8. The molecule has 0 bridgehead atoms. The summed E-state index contributed by atoms with van der Waals surface area (Å²) in [5, 5.41) is 2.89. The average Bonchev–Trinajstić information content (AvgIpc) is 2.75. The van der Waals surface area contributed by atoms with Gasteiger partial charge in [-0.1, -0.05) is 12.1 Å². The van der Waals surface area contributed by atoms with Gasteiger partial charge in [-0.25, -0.2) is 17.2 Å². The summed E-state index contributed by atoms with van der Waals surface area (Å²) < 4.78 is 57.8. The van der Waals surface area contributed by atoms with Crippen LogP contribution in [0.15, 0.2) is 53.4 Å². The lowest BCUT2D eigenvalue weighted by Gasteiger charge is -2.32. The van der Waals surface area contributed by atoms with E-state index in [9.17, 15) is 22.0 Å². The van der Waals surface area contributed by atoms with E-state index in [1.54, 1.807) is 29.2 Å². The number of nitrogens with one attached hydrogen (secondary N) is 2. The summed E-state index contributed by atoms with van der Waals surface area (Å²) in [7, 11) is -2.41. The van der Waals surface area contributed by atoms with Crippen molar-refractivity contribution in [3.8, 4) is 5.75 Å². The maximum atomic E-state index is 12.6. The van der Waals surface area contributed by atoms with Crippen molar-refractivity contribution in [3.63, 3.8) is 0 Å². The lowest BCUT2D eigenvalue weighted by molar-refractivity contribution is 0.0696. The van der Waals surface area contributed by atoms with Gasteiger partial charge in [0.2, 0.25) is 0 Å². The Morgan fingerprint density at radius 3 is 2.39 bits per heavy atom. The van der Waals surface area contributed by atoms with Crippen molar-refractivity contribution in [2.24, 2.45) is 0 Å². The Morgan fingerprint density at radius 1 is 1.13 bits per heavy atom. The van der Waals surface area contributed by atoms with E-state index in [1.165, 1.54) is 31.4 Å². The van der Waals surface area contributed by atoms with Crippen molar-refractivity contribution in [2.45, 2.75) is 30.2 Å². The fourth-order valence-electron chi connectivity index (χ4n) is 3.44. The monoisotopic (exact) mass is 453 g/mol. The van der Waals surface area contributed by atoms with E-state index in [2.05, 4.69) is 10.0 Å². The molecule has 10 heteroatoms. The molecule has 2 aromatic rings. The SMILES string of the molecule is COc1ccccc1NS(=O)(=O)c1ccc(C(=O)NC2CCN(CC(F)F)CC2)cc1. The summed E-state index contributed by atoms with van der Waals surface area (Å²) in [4.78, 5) is 14.2. The molecule has 0 unspecified atom stereocenters. The smallest absolute Gasteiger partial charge is 0.262 e. The van der Waals surface area contributed by atoms with Crippen LogP contribution in [0.1, 0.15) is 23.2 Å². The molecule has 0 radical (unpaired) electrons. The van der Waals surface area contributed by atoms with Crippen LogP contribution >= 0.6 is 0 Å². The molecule has 0 spiro atoms. The van der Waals surface area contributed by atoms with Crippen LogP contribution in [-0.2, 0) is 10.0 Å². The lowest BCUT2D eigenvalue weighted by Crippen LogP contribution is -2.45. The molecule has 1 aliphatic heterocycles. The van der Waals surface area contributed by atoms with Crippen LogP contribution in [-0.4, -0.2) is 58.4 Å². The number of amides is 1. The summed E-state index contributed by atoms with van der Waals surface area (Å²) in [5.74, 6) is 0.0654. The summed E-state index contributed by atoms with van der Waals surface area (Å²) in [6.07, 6.45) is -1.18. The Kier molecular flexibility index (Phi) is 7.45. The first-order valence-corrected chi connectivity index (χ1v) is 11.3. The second-order valence-electron chi connectivity index (χ2n) is 7.27. The second kappa shape index (κ2) is 10.1. The van der Waals surface area contributed by atoms with Gasteiger partial charge >= 0.3 is 0 Å². The topological polar surface area (TPSA) is 87.7 Å². The number of nitrogens with zero attached hydrogens (tertiary/aromatic N) is 1. The van der Waals surface area contributed by atoms with Gasteiger partial charge in [0.1, 0.15) is 5.75 Å². The van der Waals surface area contributed by atoms with Crippen molar-refractivity contribution in [1.82, 2.24) is 10.2 Å². The zero-order valence-electron chi connectivity index (χ0n) is 17.1. The predicted octanol–water partition coefficient (Wildman–Crippen LogP) is 2.96. The molecule has 31 heavy (non-hydrogen) atoms. The van der Waals surface area contributed by atoms with Crippen molar-refractivity contribution in [2.75, 3.05) is 31.5 Å². The van der Waals surface area contributed by atoms with Crippen LogP contribution in [0.5, 0.6) is 5.75 Å². The number of ether oxygens (including phenoxy) is 1. The minimum absolute atomic E-state index is 0.00950. The van der Waals surface area contributed by atoms with E-state index in [0.29, 0.717) is 42.9 Å². The van der Waals surface area contributed by atoms with Gasteiger partial charge in [-0.05, 0) is 49.2 Å². The number of benzene rings is 2. The molecule has 1 heterocycles. The van der Waals surface area contributed by atoms with Crippen LogP contribution in [0.3, 0.4) is 0 Å². The average molecular weight is 454 g/mol. The minimum atomic E-state index is -3.86. The van der Waals surface area contributed by atoms with Crippen LogP contribution < -0.4 is 14.8 Å². The number of likely N-dealkylation sites (tertiary alicyclic amines) is 1. The van der Waals surface area contributed by atoms with Gasteiger partial charge in [-0.3, -0.25) is 14.4 Å². The van der Waals surface area contributed by atoms with E-state index in [-0.39, 0.29) is 23.4 Å². The predicted molar refractivity (Wildman–Crippen MR) is 113 cm³/mol. The van der Waals surface area contributed by atoms with E-state index in [0.717, 1.165) is 0 Å². The first-order valence-electron chi connectivity index (χ1n) is 9.86. The molecule has 0 atom stereocenters. The molecule has 1 fully saturated rings. The largest absolute Gasteiger partial charge is 0.495 e. The number of halogens is 2. The third-order valence-electron chi connectivity index (χ3n) is 5.10. The summed E-state index contributed by atoms with van der Waals surface area (Å²) in [6, 6.07) is 12.1. The Hall–Kier alpha value is -2.72. The number of hydrogen-bond acceptors (Lipinski definition) is 5. The number of hydrogen-bond donors (Lipinski definition) is 2. The number of piperidine rings is 1. The zero-order chi connectivity index (χ0) is 22.4. The normalized spacial score (nSPS) is 15.6. The molecule has 2 N–H and O–H groups in total. The van der Waals surface area contributed by atoms with Crippen LogP contribution in [0.25, 0.3) is 0 Å². The summed E-state index contributed by atoms with van der Waals surface area (Å²) in [5.41, 5.74) is 0.635. The van der Waals surface area contributed by atoms with E-state index >= 15 is 0 Å². The summed E-state index contributed by atoms with van der Waals surface area (Å²) >= 11 is 0. The van der Waals surface area contributed by atoms with E-state index < -0.39 is 16.4 Å². The van der Waals surface area contributed by atoms with Crippen LogP contribution in [0, 0.1) is 0 Å². The fourth-order valence-corrected chi connectivity index (χ4v) is 4.51. The first kappa shape index (κ1) is 23.0. The maximum absolute atomic E-state index is 12.6. The Labute approximate surface area is 180 Å². The molecule has 3 rings (SSSR count). The van der Waals surface area contributed by atoms with Gasteiger partial charge in [0.25, 0.3) is 22.4 Å². The molecule has 1 amide bonds. The molecule has 168 valence electrons. The molecular formula is C21H25F2N3O4S. The Bertz CT molecular complexity index is 992. The Morgan fingerprint density at radius 2 is 1.77 bits per heavy atom. The first-order chi connectivity index (χ1) is 14.8. The third-order valence-corrected chi connectivity index (χ3v) is 6.48. The highest BCUT2D eigenvalue weighted by atomic mass is 32.2. The van der Waals surface area contributed by atoms with Gasteiger partial charge in [0.15, 0.2) is 0 Å². The number of sulfonamides is 1.